The van der Waals surface area contributed by atoms with E-state index in [-0.39, 0.29) is 5.91 Å². The first-order chi connectivity index (χ1) is 8.52. The van der Waals surface area contributed by atoms with Gasteiger partial charge in [0.25, 0.3) is 5.91 Å². The molecule has 18 heavy (non-hydrogen) atoms. The molecular weight excluding hydrogens is 250 g/mol. The average Bonchev–Trinajstić information content (AvgIpc) is 2.74. The summed E-state index contributed by atoms with van der Waals surface area (Å²) < 4.78 is 5.24. The van der Waals surface area contributed by atoms with Crippen LogP contribution in [0, 0.1) is 6.92 Å². The largest absolute Gasteiger partial charge is 0.388 e. The number of thiophene rings is 1. The van der Waals surface area contributed by atoms with Crippen molar-refractivity contribution < 1.29 is 14.6 Å². The topological polar surface area (TPSA) is 49.8 Å². The molecule has 0 saturated carbocycles. The van der Waals surface area contributed by atoms with Gasteiger partial charge in [0, 0.05) is 39.6 Å². The lowest BCUT2D eigenvalue weighted by molar-refractivity contribution is -0.0734. The Morgan fingerprint density at radius 2 is 2.22 bits per heavy atom. The molecule has 1 aliphatic heterocycles. The van der Waals surface area contributed by atoms with E-state index in [2.05, 4.69) is 0 Å². The van der Waals surface area contributed by atoms with Crippen molar-refractivity contribution >= 4 is 17.2 Å². The molecule has 1 fully saturated rings. The number of carbonyl (C=O) groups excluding carboxylic acids is 1. The fourth-order valence-corrected chi connectivity index (χ4v) is 3.11. The summed E-state index contributed by atoms with van der Waals surface area (Å²) in [7, 11) is 1.74. The molecule has 0 spiro atoms. The minimum absolute atomic E-state index is 0.0117. The number of carbonyl (C=O) groups is 1. The van der Waals surface area contributed by atoms with E-state index in [4.69, 9.17) is 4.74 Å². The van der Waals surface area contributed by atoms with Crippen molar-refractivity contribution in [2.45, 2.75) is 25.4 Å². The second-order valence-electron chi connectivity index (χ2n) is 4.93. The molecule has 1 saturated heterocycles. The molecule has 0 aromatic carbocycles. The first-order valence-corrected chi connectivity index (χ1v) is 6.99. The Morgan fingerprint density at radius 1 is 1.56 bits per heavy atom. The molecule has 0 atom stereocenters. The van der Waals surface area contributed by atoms with Gasteiger partial charge in [0.2, 0.25) is 0 Å². The van der Waals surface area contributed by atoms with E-state index in [0.29, 0.717) is 32.6 Å². The predicted octanol–water partition coefficient (Wildman–Crippen LogP) is 1.67. The van der Waals surface area contributed by atoms with Gasteiger partial charge in [-0.15, -0.1) is 11.3 Å². The van der Waals surface area contributed by atoms with Gasteiger partial charge < -0.3 is 14.7 Å². The maximum absolute atomic E-state index is 12.2. The molecule has 1 aliphatic rings. The standard InChI is InChI=1S/C13H19NO3S/c1-10-3-8-18-11(10)12(15)14(2)9-13(16)4-6-17-7-5-13/h3,8,16H,4-7,9H2,1-2H3. The Kier molecular flexibility index (Phi) is 4.04. The van der Waals surface area contributed by atoms with Crippen LogP contribution in [0.25, 0.3) is 0 Å². The Morgan fingerprint density at radius 3 is 2.78 bits per heavy atom. The fraction of sp³-hybridized carbons (Fsp3) is 0.615. The normalized spacial score (nSPS) is 18.6. The average molecular weight is 269 g/mol. The molecule has 1 N–H and O–H groups in total. The number of ether oxygens (including phenoxy) is 1. The van der Waals surface area contributed by atoms with Crippen LogP contribution in [0.15, 0.2) is 11.4 Å². The Labute approximate surface area is 111 Å². The van der Waals surface area contributed by atoms with Gasteiger partial charge in [0.15, 0.2) is 0 Å². The van der Waals surface area contributed by atoms with Crippen LogP contribution in [-0.2, 0) is 4.74 Å². The molecule has 2 rings (SSSR count). The van der Waals surface area contributed by atoms with Gasteiger partial charge >= 0.3 is 0 Å². The molecule has 1 amide bonds. The summed E-state index contributed by atoms with van der Waals surface area (Å²) in [5.41, 5.74) is 0.198. The number of amides is 1. The van der Waals surface area contributed by atoms with E-state index in [1.165, 1.54) is 11.3 Å². The Bertz CT molecular complexity index is 424. The number of nitrogens with zero attached hydrogens (tertiary/aromatic N) is 1. The van der Waals surface area contributed by atoms with Crippen LogP contribution >= 0.6 is 11.3 Å². The third-order valence-corrected chi connectivity index (χ3v) is 4.36. The van der Waals surface area contributed by atoms with Crippen molar-refractivity contribution in [3.63, 3.8) is 0 Å². The summed E-state index contributed by atoms with van der Waals surface area (Å²) in [5.74, 6) is -0.0117. The Balaban J connectivity index is 2.01. The van der Waals surface area contributed by atoms with Gasteiger partial charge in [-0.05, 0) is 23.9 Å². The fourth-order valence-electron chi connectivity index (χ4n) is 2.19. The summed E-state index contributed by atoms with van der Waals surface area (Å²) in [6.07, 6.45) is 1.18. The second-order valence-corrected chi connectivity index (χ2v) is 5.85. The maximum atomic E-state index is 12.2. The zero-order valence-corrected chi connectivity index (χ0v) is 11.6. The van der Waals surface area contributed by atoms with Gasteiger partial charge in [-0.25, -0.2) is 0 Å². The second kappa shape index (κ2) is 5.38. The first kappa shape index (κ1) is 13.5. The molecule has 1 aromatic heterocycles. The summed E-state index contributed by atoms with van der Waals surface area (Å²) >= 11 is 1.45. The van der Waals surface area contributed by atoms with Crippen LogP contribution in [0.5, 0.6) is 0 Å². The number of aryl methyl sites for hydroxylation is 1. The van der Waals surface area contributed by atoms with Crippen molar-refractivity contribution in [1.29, 1.82) is 0 Å². The lowest BCUT2D eigenvalue weighted by Gasteiger charge is -2.35. The number of aliphatic hydroxyl groups is 1. The number of likely N-dealkylation sites (N-methyl/N-ethyl adjacent to an activating group) is 1. The summed E-state index contributed by atoms with van der Waals surface area (Å²) in [5, 5.41) is 12.3. The molecular formula is C13H19NO3S. The Hall–Kier alpha value is -0.910. The number of hydrogen-bond acceptors (Lipinski definition) is 4. The molecule has 0 bridgehead atoms. The van der Waals surface area contributed by atoms with Gasteiger partial charge in [0.05, 0.1) is 10.5 Å². The van der Waals surface area contributed by atoms with E-state index >= 15 is 0 Å². The molecule has 4 nitrogen and oxygen atoms in total. The van der Waals surface area contributed by atoms with Crippen molar-refractivity contribution in [3.05, 3.63) is 21.9 Å². The molecule has 100 valence electrons. The van der Waals surface area contributed by atoms with Gasteiger partial charge in [0.1, 0.15) is 0 Å². The van der Waals surface area contributed by atoms with Crippen molar-refractivity contribution in [2.24, 2.45) is 0 Å². The van der Waals surface area contributed by atoms with Gasteiger partial charge in [-0.3, -0.25) is 4.79 Å². The van der Waals surface area contributed by atoms with Crippen LogP contribution in [0.1, 0.15) is 28.1 Å². The van der Waals surface area contributed by atoms with Crippen molar-refractivity contribution in [3.8, 4) is 0 Å². The SMILES string of the molecule is Cc1ccsc1C(=O)N(C)CC1(O)CCOCC1. The van der Waals surface area contributed by atoms with Crippen molar-refractivity contribution in [2.75, 3.05) is 26.8 Å². The molecule has 5 heteroatoms. The smallest absolute Gasteiger partial charge is 0.264 e. The van der Waals surface area contributed by atoms with Crippen LogP contribution < -0.4 is 0 Å². The summed E-state index contributed by atoms with van der Waals surface area (Å²) in [6.45, 7) is 3.43. The molecule has 1 aromatic rings. The first-order valence-electron chi connectivity index (χ1n) is 6.11. The monoisotopic (exact) mass is 269 g/mol. The maximum Gasteiger partial charge on any atom is 0.264 e. The minimum atomic E-state index is -0.798. The van der Waals surface area contributed by atoms with Crippen LogP contribution in [0.2, 0.25) is 0 Å². The lowest BCUT2D eigenvalue weighted by Crippen LogP contribution is -2.47. The third kappa shape index (κ3) is 2.91. The van der Waals surface area contributed by atoms with Gasteiger partial charge in [-0.2, -0.15) is 0 Å². The predicted molar refractivity (Wildman–Crippen MR) is 71.0 cm³/mol. The van der Waals surface area contributed by atoms with E-state index in [9.17, 15) is 9.90 Å². The highest BCUT2D eigenvalue weighted by molar-refractivity contribution is 7.12. The third-order valence-electron chi connectivity index (χ3n) is 3.36. The highest BCUT2D eigenvalue weighted by Crippen LogP contribution is 2.23. The van der Waals surface area contributed by atoms with E-state index in [1.807, 2.05) is 18.4 Å². The molecule has 0 aliphatic carbocycles. The number of rotatable bonds is 3. The molecule has 0 unspecified atom stereocenters. The summed E-state index contributed by atoms with van der Waals surface area (Å²) in [6, 6.07) is 1.94. The minimum Gasteiger partial charge on any atom is -0.388 e. The van der Waals surface area contributed by atoms with E-state index in [1.54, 1.807) is 11.9 Å². The summed E-state index contributed by atoms with van der Waals surface area (Å²) in [4.78, 5) is 14.6. The van der Waals surface area contributed by atoms with Gasteiger partial charge in [-0.1, -0.05) is 0 Å². The zero-order valence-electron chi connectivity index (χ0n) is 10.8. The molecule has 0 radical (unpaired) electrons. The zero-order chi connectivity index (χ0) is 13.2. The van der Waals surface area contributed by atoms with Crippen LogP contribution in [0.3, 0.4) is 0 Å². The number of hydrogen-bond donors (Lipinski definition) is 1. The van der Waals surface area contributed by atoms with Crippen LogP contribution in [-0.4, -0.2) is 48.3 Å². The van der Waals surface area contributed by atoms with E-state index < -0.39 is 5.60 Å². The van der Waals surface area contributed by atoms with E-state index in [0.717, 1.165) is 10.4 Å². The highest BCUT2D eigenvalue weighted by atomic mass is 32.1. The quantitative estimate of drug-likeness (QED) is 0.908. The lowest BCUT2D eigenvalue weighted by atomic mass is 9.94. The van der Waals surface area contributed by atoms with Crippen molar-refractivity contribution in [1.82, 2.24) is 4.90 Å². The van der Waals surface area contributed by atoms with Crippen LogP contribution in [0.4, 0.5) is 0 Å². The highest BCUT2D eigenvalue weighted by Gasteiger charge is 2.32. The molecule has 2 heterocycles.